The first-order valence-corrected chi connectivity index (χ1v) is 13.9. The molecule has 0 heterocycles. The van der Waals surface area contributed by atoms with E-state index < -0.39 is 10.0 Å². The Kier molecular flexibility index (Phi) is 8.54. The van der Waals surface area contributed by atoms with Crippen LogP contribution in [0.4, 0.5) is 5.69 Å². The van der Waals surface area contributed by atoms with Gasteiger partial charge >= 0.3 is 0 Å². The molecule has 190 valence electrons. The maximum Gasteiger partial charge on any atom is 0.264 e. The quantitative estimate of drug-likeness (QED) is 0.252. The largest absolute Gasteiger partial charge is 0.352 e. The summed E-state index contributed by atoms with van der Waals surface area (Å²) in [7, 11) is -3.99. The molecule has 4 aromatic carbocycles. The Labute approximate surface area is 227 Å². The Morgan fingerprint density at radius 2 is 1.35 bits per heavy atom. The predicted octanol–water partition coefficient (Wildman–Crippen LogP) is 6.67. The van der Waals surface area contributed by atoms with Crippen molar-refractivity contribution in [1.29, 1.82) is 0 Å². The maximum atomic E-state index is 13.9. The lowest BCUT2D eigenvalue weighted by Crippen LogP contribution is -2.34. The molecule has 0 aliphatic rings. The first kappa shape index (κ1) is 26.7. The number of hydrogen-bond donors (Lipinski definition) is 1. The Bertz CT molecular complexity index is 1470. The molecule has 37 heavy (non-hydrogen) atoms. The van der Waals surface area contributed by atoms with Gasteiger partial charge in [0.05, 0.1) is 22.7 Å². The van der Waals surface area contributed by atoms with Gasteiger partial charge in [0.15, 0.2) is 0 Å². The molecule has 5 nitrogen and oxygen atoms in total. The van der Waals surface area contributed by atoms with E-state index in [0.717, 1.165) is 16.7 Å². The molecule has 0 aliphatic carbocycles. The van der Waals surface area contributed by atoms with Crippen LogP contribution in [0.5, 0.6) is 0 Å². The number of aryl methyl sites for hydroxylation is 1. The molecule has 8 heteroatoms. The average molecular weight is 554 g/mol. The first-order chi connectivity index (χ1) is 17.7. The molecule has 0 aromatic heterocycles. The SMILES string of the molecule is Cc1ccc(S(=O)(=O)N(Cc2ccc(Cl)cc2)c2ccccc2C(=O)NCCc2ccc(Cl)cc2)cc1. The van der Waals surface area contributed by atoms with Crippen LogP contribution in [0.25, 0.3) is 0 Å². The van der Waals surface area contributed by atoms with Crippen molar-refractivity contribution in [2.75, 3.05) is 10.8 Å². The zero-order valence-corrected chi connectivity index (χ0v) is 22.5. The van der Waals surface area contributed by atoms with Gasteiger partial charge in [-0.15, -0.1) is 0 Å². The number of benzene rings is 4. The van der Waals surface area contributed by atoms with E-state index in [1.165, 1.54) is 4.31 Å². The van der Waals surface area contributed by atoms with Crippen LogP contribution in [-0.4, -0.2) is 20.9 Å². The van der Waals surface area contributed by atoms with Gasteiger partial charge in [-0.2, -0.15) is 0 Å². The first-order valence-electron chi connectivity index (χ1n) is 11.7. The molecule has 0 aliphatic heterocycles. The van der Waals surface area contributed by atoms with E-state index >= 15 is 0 Å². The minimum Gasteiger partial charge on any atom is -0.352 e. The lowest BCUT2D eigenvalue weighted by molar-refractivity contribution is 0.0955. The van der Waals surface area contributed by atoms with Crippen molar-refractivity contribution in [3.63, 3.8) is 0 Å². The van der Waals surface area contributed by atoms with Crippen molar-refractivity contribution in [2.45, 2.75) is 24.8 Å². The third-order valence-corrected chi connectivity index (χ3v) is 8.16. The highest BCUT2D eigenvalue weighted by atomic mass is 35.5. The number of carbonyl (C=O) groups is 1. The number of sulfonamides is 1. The number of nitrogens with zero attached hydrogens (tertiary/aromatic N) is 1. The Morgan fingerprint density at radius 3 is 1.97 bits per heavy atom. The van der Waals surface area contributed by atoms with E-state index in [0.29, 0.717) is 28.7 Å². The van der Waals surface area contributed by atoms with Gasteiger partial charge < -0.3 is 5.32 Å². The van der Waals surface area contributed by atoms with Crippen LogP contribution in [0, 0.1) is 6.92 Å². The fourth-order valence-electron chi connectivity index (χ4n) is 3.84. The molecular formula is C29H26Cl2N2O3S. The molecule has 4 rings (SSSR count). The standard InChI is InChI=1S/C29H26Cl2N2O3S/c1-21-6-16-26(17-7-21)37(35,36)33(20-23-10-14-25(31)15-11-23)28-5-3-2-4-27(28)29(34)32-19-18-22-8-12-24(30)13-9-22/h2-17H,18-20H2,1H3,(H,32,34). The van der Waals surface area contributed by atoms with Crippen molar-refractivity contribution >= 4 is 44.8 Å². The summed E-state index contributed by atoms with van der Waals surface area (Å²) in [6.45, 7) is 2.31. The molecule has 4 aromatic rings. The minimum absolute atomic E-state index is 0.0302. The van der Waals surface area contributed by atoms with Crippen LogP contribution >= 0.6 is 23.2 Å². The number of para-hydroxylation sites is 1. The number of carbonyl (C=O) groups excluding carboxylic acids is 1. The van der Waals surface area contributed by atoms with Crippen molar-refractivity contribution < 1.29 is 13.2 Å². The van der Waals surface area contributed by atoms with Crippen molar-refractivity contribution in [3.8, 4) is 0 Å². The molecule has 0 bridgehead atoms. The molecule has 0 saturated heterocycles. The number of halogens is 2. The van der Waals surface area contributed by atoms with Crippen LogP contribution in [0.2, 0.25) is 10.0 Å². The van der Waals surface area contributed by atoms with Gasteiger partial charge in [-0.1, -0.05) is 77.3 Å². The third-order valence-electron chi connectivity index (χ3n) is 5.88. The summed E-state index contributed by atoms with van der Waals surface area (Å²) < 4.78 is 29.0. The normalized spacial score (nSPS) is 11.2. The minimum atomic E-state index is -3.99. The Morgan fingerprint density at radius 1 is 0.784 bits per heavy atom. The van der Waals surface area contributed by atoms with Crippen LogP contribution in [0.15, 0.2) is 102 Å². The number of rotatable bonds is 9. The maximum absolute atomic E-state index is 13.9. The summed E-state index contributed by atoms with van der Waals surface area (Å²) in [5.41, 5.74) is 3.27. The van der Waals surface area contributed by atoms with E-state index in [-0.39, 0.29) is 22.9 Å². The average Bonchev–Trinajstić information content (AvgIpc) is 2.89. The van der Waals surface area contributed by atoms with Gasteiger partial charge in [0.2, 0.25) is 0 Å². The summed E-state index contributed by atoms with van der Waals surface area (Å²) in [6, 6.07) is 27.8. The van der Waals surface area contributed by atoms with E-state index in [9.17, 15) is 13.2 Å². The highest BCUT2D eigenvalue weighted by molar-refractivity contribution is 7.92. The molecule has 0 unspecified atom stereocenters. The van der Waals surface area contributed by atoms with Crippen LogP contribution in [0.3, 0.4) is 0 Å². The van der Waals surface area contributed by atoms with Crippen molar-refractivity contribution in [3.05, 3.63) is 129 Å². The van der Waals surface area contributed by atoms with E-state index in [1.54, 1.807) is 84.9 Å². The number of amides is 1. The predicted molar refractivity (Wildman–Crippen MR) is 150 cm³/mol. The molecular weight excluding hydrogens is 527 g/mol. The van der Waals surface area contributed by atoms with Crippen molar-refractivity contribution in [2.24, 2.45) is 0 Å². The van der Waals surface area contributed by atoms with Crippen LogP contribution in [0.1, 0.15) is 27.0 Å². The fraction of sp³-hybridized carbons (Fsp3) is 0.138. The van der Waals surface area contributed by atoms with Crippen molar-refractivity contribution in [1.82, 2.24) is 5.32 Å². The molecule has 0 atom stereocenters. The van der Waals surface area contributed by atoms with E-state index in [2.05, 4.69) is 5.32 Å². The van der Waals surface area contributed by atoms with Gasteiger partial charge in [0.1, 0.15) is 0 Å². The van der Waals surface area contributed by atoms with E-state index in [1.807, 2.05) is 19.1 Å². The zero-order valence-electron chi connectivity index (χ0n) is 20.2. The Hall–Kier alpha value is -3.32. The van der Waals surface area contributed by atoms with Crippen LogP contribution < -0.4 is 9.62 Å². The van der Waals surface area contributed by atoms with Gasteiger partial charge in [0, 0.05) is 16.6 Å². The summed E-state index contributed by atoms with van der Waals surface area (Å²) in [6.07, 6.45) is 0.612. The summed E-state index contributed by atoms with van der Waals surface area (Å²) in [4.78, 5) is 13.4. The van der Waals surface area contributed by atoms with Gasteiger partial charge in [-0.3, -0.25) is 9.10 Å². The molecule has 1 N–H and O–H groups in total. The van der Waals surface area contributed by atoms with Crippen LogP contribution in [-0.2, 0) is 23.0 Å². The molecule has 1 amide bonds. The summed E-state index contributed by atoms with van der Waals surface area (Å²) in [5.74, 6) is -0.357. The van der Waals surface area contributed by atoms with E-state index in [4.69, 9.17) is 23.2 Å². The number of nitrogens with one attached hydrogen (secondary N) is 1. The number of anilines is 1. The monoisotopic (exact) mass is 552 g/mol. The second-order valence-electron chi connectivity index (χ2n) is 8.60. The molecule has 0 saturated carbocycles. The Balaban J connectivity index is 1.66. The van der Waals surface area contributed by atoms with Gasteiger partial charge in [-0.25, -0.2) is 8.42 Å². The fourth-order valence-corrected chi connectivity index (χ4v) is 5.57. The zero-order chi connectivity index (χ0) is 26.4. The second-order valence-corrected chi connectivity index (χ2v) is 11.3. The lowest BCUT2D eigenvalue weighted by atomic mass is 10.1. The third kappa shape index (κ3) is 6.72. The van der Waals surface area contributed by atoms with Gasteiger partial charge in [0.25, 0.3) is 15.9 Å². The van der Waals surface area contributed by atoms with Gasteiger partial charge in [-0.05, 0) is 73.0 Å². The smallest absolute Gasteiger partial charge is 0.264 e. The summed E-state index contributed by atoms with van der Waals surface area (Å²) in [5, 5.41) is 4.12. The highest BCUT2D eigenvalue weighted by Gasteiger charge is 2.28. The number of hydrogen-bond acceptors (Lipinski definition) is 3. The lowest BCUT2D eigenvalue weighted by Gasteiger charge is -2.27. The topological polar surface area (TPSA) is 66.5 Å². The molecule has 0 fully saturated rings. The molecule has 0 spiro atoms. The highest BCUT2D eigenvalue weighted by Crippen LogP contribution is 2.30. The molecule has 0 radical (unpaired) electrons. The summed E-state index contributed by atoms with van der Waals surface area (Å²) >= 11 is 12.0. The second kappa shape index (κ2) is 11.8.